The van der Waals surface area contributed by atoms with Gasteiger partial charge in [0.1, 0.15) is 11.6 Å². The van der Waals surface area contributed by atoms with Gasteiger partial charge < -0.3 is 5.32 Å². The van der Waals surface area contributed by atoms with Crippen LogP contribution in [0.5, 0.6) is 0 Å². The molecule has 0 bridgehead atoms. The molecule has 2 aromatic rings. The number of nitro benzene ring substituents is 1. The maximum absolute atomic E-state index is 10.7. The van der Waals surface area contributed by atoms with Crippen molar-refractivity contribution < 1.29 is 4.92 Å². The molecule has 2 aromatic carbocycles. The molecule has 0 fully saturated rings. The molecule has 0 unspecified atom stereocenters. The second-order valence-electron chi connectivity index (χ2n) is 3.74. The first kappa shape index (κ1) is 12.9. The van der Waals surface area contributed by atoms with Gasteiger partial charge in [0.05, 0.1) is 4.92 Å². The zero-order valence-electron chi connectivity index (χ0n) is 9.63. The first-order chi connectivity index (χ1) is 9.10. The molecule has 0 aliphatic heterocycles. The van der Waals surface area contributed by atoms with Crippen LogP contribution in [0, 0.1) is 21.4 Å². The lowest BCUT2D eigenvalue weighted by Crippen LogP contribution is -1.95. The van der Waals surface area contributed by atoms with E-state index in [1.807, 2.05) is 0 Å². The van der Waals surface area contributed by atoms with Gasteiger partial charge in [0, 0.05) is 22.5 Å². The van der Waals surface area contributed by atoms with Crippen molar-refractivity contribution >= 4 is 28.7 Å². The highest BCUT2D eigenvalue weighted by atomic mass is 35.5. The molecule has 0 saturated heterocycles. The summed E-state index contributed by atoms with van der Waals surface area (Å²) < 4.78 is 0. The van der Waals surface area contributed by atoms with Gasteiger partial charge in [0.2, 0.25) is 0 Å². The molecule has 2 rings (SSSR count). The van der Waals surface area contributed by atoms with Crippen LogP contribution in [-0.2, 0) is 0 Å². The summed E-state index contributed by atoms with van der Waals surface area (Å²) in [7, 11) is 0. The van der Waals surface area contributed by atoms with Gasteiger partial charge in [-0.1, -0.05) is 17.7 Å². The van der Waals surface area contributed by atoms with E-state index in [0.717, 1.165) is 5.69 Å². The quantitative estimate of drug-likeness (QED) is 0.680. The summed E-state index contributed by atoms with van der Waals surface area (Å²) in [5.74, 6) is 0. The van der Waals surface area contributed by atoms with Gasteiger partial charge in [-0.3, -0.25) is 10.1 Å². The van der Waals surface area contributed by atoms with Crippen molar-refractivity contribution in [1.29, 1.82) is 5.26 Å². The third kappa shape index (κ3) is 3.00. The van der Waals surface area contributed by atoms with Gasteiger partial charge in [-0.2, -0.15) is 5.26 Å². The standard InChI is InChI=1S/C13H8ClN3O2/c14-10-2-1-3-11(7-10)16-12-4-5-13(17(18)19)9(6-12)8-15/h1-7,16H. The first-order valence-corrected chi connectivity index (χ1v) is 5.69. The minimum atomic E-state index is -0.582. The van der Waals surface area contributed by atoms with E-state index in [1.165, 1.54) is 12.1 Å². The predicted octanol–water partition coefficient (Wildman–Crippen LogP) is 3.86. The number of nitriles is 1. The van der Waals surface area contributed by atoms with Crippen LogP contribution in [0.4, 0.5) is 17.1 Å². The SMILES string of the molecule is N#Cc1cc(Nc2cccc(Cl)c2)ccc1[N+](=O)[O-]. The molecule has 0 radical (unpaired) electrons. The van der Waals surface area contributed by atoms with Crippen molar-refractivity contribution in [2.75, 3.05) is 5.32 Å². The molecule has 0 atom stereocenters. The summed E-state index contributed by atoms with van der Waals surface area (Å²) in [6.45, 7) is 0. The Morgan fingerprint density at radius 1 is 1.21 bits per heavy atom. The lowest BCUT2D eigenvalue weighted by atomic mass is 10.1. The van der Waals surface area contributed by atoms with Gasteiger partial charge in [-0.15, -0.1) is 0 Å². The average Bonchev–Trinajstić information content (AvgIpc) is 2.38. The largest absolute Gasteiger partial charge is 0.355 e. The lowest BCUT2D eigenvalue weighted by Gasteiger charge is -2.07. The Kier molecular flexibility index (Phi) is 3.64. The number of hydrogen-bond donors (Lipinski definition) is 1. The van der Waals surface area contributed by atoms with Gasteiger partial charge in [-0.05, 0) is 30.3 Å². The van der Waals surface area contributed by atoms with Crippen LogP contribution in [0.2, 0.25) is 5.02 Å². The van der Waals surface area contributed by atoms with E-state index in [-0.39, 0.29) is 11.3 Å². The minimum Gasteiger partial charge on any atom is -0.355 e. The average molecular weight is 274 g/mol. The molecule has 19 heavy (non-hydrogen) atoms. The third-order valence-corrected chi connectivity index (χ3v) is 2.66. The normalized spacial score (nSPS) is 9.68. The fraction of sp³-hybridized carbons (Fsp3) is 0. The summed E-state index contributed by atoms with van der Waals surface area (Å²) in [6, 6.07) is 13.1. The summed E-state index contributed by atoms with van der Waals surface area (Å²) in [4.78, 5) is 10.1. The molecule has 0 aliphatic carbocycles. The van der Waals surface area contributed by atoms with E-state index in [9.17, 15) is 10.1 Å². The Morgan fingerprint density at radius 3 is 2.58 bits per heavy atom. The predicted molar refractivity (Wildman–Crippen MR) is 72.5 cm³/mol. The van der Waals surface area contributed by atoms with Crippen molar-refractivity contribution in [1.82, 2.24) is 0 Å². The Hall–Kier alpha value is -2.58. The maximum Gasteiger partial charge on any atom is 0.287 e. The first-order valence-electron chi connectivity index (χ1n) is 5.31. The second-order valence-corrected chi connectivity index (χ2v) is 4.17. The fourth-order valence-electron chi connectivity index (χ4n) is 1.60. The van der Waals surface area contributed by atoms with E-state index in [1.54, 1.807) is 36.4 Å². The minimum absolute atomic E-state index is 0.0111. The summed E-state index contributed by atoms with van der Waals surface area (Å²) >= 11 is 5.85. The molecule has 5 nitrogen and oxygen atoms in total. The molecular formula is C13H8ClN3O2. The van der Waals surface area contributed by atoms with Crippen molar-refractivity contribution in [2.24, 2.45) is 0 Å². The van der Waals surface area contributed by atoms with Crippen molar-refractivity contribution in [3.63, 3.8) is 0 Å². The topological polar surface area (TPSA) is 79.0 Å². The number of benzene rings is 2. The van der Waals surface area contributed by atoms with Crippen molar-refractivity contribution in [3.8, 4) is 6.07 Å². The van der Waals surface area contributed by atoms with Crippen LogP contribution in [0.3, 0.4) is 0 Å². The van der Waals surface area contributed by atoms with Crippen LogP contribution < -0.4 is 5.32 Å². The van der Waals surface area contributed by atoms with E-state index in [4.69, 9.17) is 16.9 Å². The summed E-state index contributed by atoms with van der Waals surface area (Å²) in [5, 5.41) is 23.2. The van der Waals surface area contributed by atoms with Gasteiger partial charge in [0.25, 0.3) is 5.69 Å². The van der Waals surface area contributed by atoms with Crippen LogP contribution in [0.15, 0.2) is 42.5 Å². The number of nitrogens with zero attached hydrogens (tertiary/aromatic N) is 2. The Balaban J connectivity index is 2.32. The van der Waals surface area contributed by atoms with E-state index < -0.39 is 4.92 Å². The highest BCUT2D eigenvalue weighted by molar-refractivity contribution is 6.30. The number of nitrogens with one attached hydrogen (secondary N) is 1. The lowest BCUT2D eigenvalue weighted by molar-refractivity contribution is -0.385. The highest BCUT2D eigenvalue weighted by Gasteiger charge is 2.13. The molecule has 0 saturated carbocycles. The molecule has 0 aliphatic rings. The molecule has 6 heteroatoms. The molecule has 0 spiro atoms. The maximum atomic E-state index is 10.7. The molecule has 94 valence electrons. The van der Waals surface area contributed by atoms with Crippen LogP contribution >= 0.6 is 11.6 Å². The molecule has 0 amide bonds. The monoisotopic (exact) mass is 273 g/mol. The Bertz CT molecular complexity index is 680. The molecule has 1 N–H and O–H groups in total. The summed E-state index contributed by atoms with van der Waals surface area (Å²) in [5.41, 5.74) is 1.13. The fourth-order valence-corrected chi connectivity index (χ4v) is 1.79. The smallest absolute Gasteiger partial charge is 0.287 e. The molecule has 0 aromatic heterocycles. The van der Waals surface area contributed by atoms with Crippen LogP contribution in [0.1, 0.15) is 5.56 Å². The second kappa shape index (κ2) is 5.38. The number of rotatable bonds is 3. The Labute approximate surface area is 114 Å². The van der Waals surface area contributed by atoms with E-state index in [0.29, 0.717) is 10.7 Å². The number of anilines is 2. The third-order valence-electron chi connectivity index (χ3n) is 2.43. The van der Waals surface area contributed by atoms with Crippen LogP contribution in [-0.4, -0.2) is 4.92 Å². The van der Waals surface area contributed by atoms with Crippen molar-refractivity contribution in [2.45, 2.75) is 0 Å². The Morgan fingerprint density at radius 2 is 1.95 bits per heavy atom. The van der Waals surface area contributed by atoms with Crippen LogP contribution in [0.25, 0.3) is 0 Å². The van der Waals surface area contributed by atoms with Gasteiger partial charge >= 0.3 is 0 Å². The number of halogens is 1. The van der Waals surface area contributed by atoms with E-state index >= 15 is 0 Å². The number of hydrogen-bond acceptors (Lipinski definition) is 4. The number of nitro groups is 1. The molecule has 0 heterocycles. The van der Waals surface area contributed by atoms with Crippen molar-refractivity contribution in [3.05, 3.63) is 63.2 Å². The summed E-state index contributed by atoms with van der Waals surface area (Å²) in [6.07, 6.45) is 0. The molecular weight excluding hydrogens is 266 g/mol. The van der Waals surface area contributed by atoms with Gasteiger partial charge in [0.15, 0.2) is 0 Å². The van der Waals surface area contributed by atoms with Gasteiger partial charge in [-0.25, -0.2) is 0 Å². The zero-order chi connectivity index (χ0) is 13.8. The van der Waals surface area contributed by atoms with E-state index in [2.05, 4.69) is 5.32 Å². The zero-order valence-corrected chi connectivity index (χ0v) is 10.4. The highest BCUT2D eigenvalue weighted by Crippen LogP contribution is 2.25.